The van der Waals surface area contributed by atoms with E-state index in [0.29, 0.717) is 6.61 Å². The Hall–Kier alpha value is -0.350. The van der Waals surface area contributed by atoms with E-state index in [1.807, 2.05) is 0 Å². The standard InChI is InChI=1S/C10H20NO2.BrH/c1-5-10(12)13-9-8-11(4,6-2)7-3;/h5H,1,6-9H2,2-4H3;1H/q+1;/p-1. The number of hydrogen-bond acceptors (Lipinski definition) is 2. The highest BCUT2D eigenvalue weighted by atomic mass is 79.9. The van der Waals surface area contributed by atoms with Crippen molar-refractivity contribution < 1.29 is 31.0 Å². The molecule has 0 aromatic heterocycles. The molecular weight excluding hydrogens is 246 g/mol. The first kappa shape index (κ1) is 16.1. The largest absolute Gasteiger partial charge is 1.00 e. The van der Waals surface area contributed by atoms with Gasteiger partial charge in [-0.3, -0.25) is 0 Å². The van der Waals surface area contributed by atoms with Crippen LogP contribution in [0.4, 0.5) is 0 Å². The van der Waals surface area contributed by atoms with E-state index in [0.717, 1.165) is 24.1 Å². The summed E-state index contributed by atoms with van der Waals surface area (Å²) >= 11 is 0. The number of ether oxygens (including phenoxy) is 1. The van der Waals surface area contributed by atoms with Gasteiger partial charge in [0.1, 0.15) is 13.2 Å². The number of halogens is 1. The highest BCUT2D eigenvalue weighted by molar-refractivity contribution is 5.81. The maximum absolute atomic E-state index is 10.7. The quantitative estimate of drug-likeness (QED) is 0.322. The van der Waals surface area contributed by atoms with Crippen molar-refractivity contribution in [2.24, 2.45) is 0 Å². The smallest absolute Gasteiger partial charge is 0.330 e. The molecule has 0 bridgehead atoms. The van der Waals surface area contributed by atoms with Gasteiger partial charge in [-0.05, 0) is 13.8 Å². The summed E-state index contributed by atoms with van der Waals surface area (Å²) in [6, 6.07) is 0. The van der Waals surface area contributed by atoms with Crippen LogP contribution < -0.4 is 17.0 Å². The number of hydrogen-bond donors (Lipinski definition) is 0. The van der Waals surface area contributed by atoms with Crippen molar-refractivity contribution in [2.75, 3.05) is 33.3 Å². The molecule has 0 fully saturated rings. The summed E-state index contributed by atoms with van der Waals surface area (Å²) < 4.78 is 5.85. The molecule has 0 aliphatic heterocycles. The Balaban J connectivity index is 0. The molecule has 0 amide bonds. The van der Waals surface area contributed by atoms with E-state index in [9.17, 15) is 4.79 Å². The van der Waals surface area contributed by atoms with Crippen LogP contribution in [0.3, 0.4) is 0 Å². The van der Waals surface area contributed by atoms with Crippen molar-refractivity contribution in [1.29, 1.82) is 0 Å². The Morgan fingerprint density at radius 3 is 2.29 bits per heavy atom. The average molecular weight is 266 g/mol. The van der Waals surface area contributed by atoms with Crippen LogP contribution in [0.1, 0.15) is 13.8 Å². The summed E-state index contributed by atoms with van der Waals surface area (Å²) in [7, 11) is 2.15. The molecule has 0 spiro atoms. The normalized spacial score (nSPS) is 10.2. The van der Waals surface area contributed by atoms with Gasteiger partial charge in [0.2, 0.25) is 0 Å². The molecule has 0 aromatic carbocycles. The van der Waals surface area contributed by atoms with E-state index in [2.05, 4.69) is 27.5 Å². The van der Waals surface area contributed by atoms with Crippen LogP contribution in [-0.2, 0) is 9.53 Å². The number of rotatable bonds is 6. The zero-order valence-corrected chi connectivity index (χ0v) is 10.8. The molecule has 0 unspecified atom stereocenters. The summed E-state index contributed by atoms with van der Waals surface area (Å²) in [6.07, 6.45) is 1.20. The lowest BCUT2D eigenvalue weighted by molar-refractivity contribution is -0.906. The molecule has 0 rings (SSSR count). The predicted octanol–water partition coefficient (Wildman–Crippen LogP) is -1.79. The molecule has 0 aromatic rings. The van der Waals surface area contributed by atoms with E-state index in [1.54, 1.807) is 0 Å². The van der Waals surface area contributed by atoms with Gasteiger partial charge in [0.05, 0.1) is 20.1 Å². The molecule has 84 valence electrons. The van der Waals surface area contributed by atoms with Gasteiger partial charge in [-0.15, -0.1) is 0 Å². The minimum atomic E-state index is -0.334. The molecule has 0 saturated heterocycles. The molecule has 0 atom stereocenters. The minimum absolute atomic E-state index is 0. The monoisotopic (exact) mass is 265 g/mol. The lowest BCUT2D eigenvalue weighted by Crippen LogP contribution is -3.00. The number of nitrogens with zero attached hydrogens (tertiary/aromatic N) is 1. The van der Waals surface area contributed by atoms with Gasteiger partial charge < -0.3 is 26.2 Å². The third-order valence-electron chi connectivity index (χ3n) is 2.57. The fourth-order valence-corrected chi connectivity index (χ4v) is 0.965. The molecule has 0 N–H and O–H groups in total. The zero-order valence-electron chi connectivity index (χ0n) is 9.25. The second-order valence-corrected chi connectivity index (χ2v) is 3.35. The molecule has 0 heterocycles. The Labute approximate surface area is 97.1 Å². The van der Waals surface area contributed by atoms with Crippen molar-refractivity contribution in [3.63, 3.8) is 0 Å². The van der Waals surface area contributed by atoms with E-state index < -0.39 is 0 Å². The molecule has 4 heteroatoms. The molecule has 0 radical (unpaired) electrons. The van der Waals surface area contributed by atoms with Gasteiger partial charge >= 0.3 is 5.97 Å². The first-order chi connectivity index (χ1) is 6.08. The highest BCUT2D eigenvalue weighted by Gasteiger charge is 2.16. The lowest BCUT2D eigenvalue weighted by Gasteiger charge is -2.31. The van der Waals surface area contributed by atoms with Crippen molar-refractivity contribution in [2.45, 2.75) is 13.8 Å². The van der Waals surface area contributed by atoms with Crippen LogP contribution in [0.5, 0.6) is 0 Å². The van der Waals surface area contributed by atoms with E-state index >= 15 is 0 Å². The number of quaternary nitrogens is 1. The summed E-state index contributed by atoms with van der Waals surface area (Å²) in [4.78, 5) is 10.7. The fraction of sp³-hybridized carbons (Fsp3) is 0.700. The van der Waals surface area contributed by atoms with Gasteiger partial charge in [0.25, 0.3) is 0 Å². The summed E-state index contributed by atoms with van der Waals surface area (Å²) in [5.74, 6) is -0.334. The Bertz CT molecular complexity index is 179. The lowest BCUT2D eigenvalue weighted by atomic mass is 10.4. The predicted molar refractivity (Wildman–Crippen MR) is 53.3 cm³/mol. The maximum Gasteiger partial charge on any atom is 0.330 e. The van der Waals surface area contributed by atoms with Gasteiger partial charge in [-0.2, -0.15) is 0 Å². The van der Waals surface area contributed by atoms with Crippen LogP contribution in [-0.4, -0.2) is 43.7 Å². The molecule has 0 aliphatic carbocycles. The van der Waals surface area contributed by atoms with E-state index in [4.69, 9.17) is 4.74 Å². The second-order valence-electron chi connectivity index (χ2n) is 3.35. The van der Waals surface area contributed by atoms with Crippen molar-refractivity contribution in [1.82, 2.24) is 0 Å². The van der Waals surface area contributed by atoms with Crippen LogP contribution in [0.2, 0.25) is 0 Å². The molecule has 14 heavy (non-hydrogen) atoms. The summed E-state index contributed by atoms with van der Waals surface area (Å²) in [5, 5.41) is 0. The Kier molecular flexibility index (Phi) is 9.20. The topological polar surface area (TPSA) is 26.3 Å². The minimum Gasteiger partial charge on any atom is -1.00 e. The average Bonchev–Trinajstić information content (AvgIpc) is 2.17. The Morgan fingerprint density at radius 2 is 1.93 bits per heavy atom. The first-order valence-electron chi connectivity index (χ1n) is 4.70. The van der Waals surface area contributed by atoms with Gasteiger partial charge in [-0.1, -0.05) is 6.58 Å². The third kappa shape index (κ3) is 6.16. The van der Waals surface area contributed by atoms with Crippen molar-refractivity contribution >= 4 is 5.97 Å². The maximum atomic E-state index is 10.7. The van der Waals surface area contributed by atoms with E-state index in [1.165, 1.54) is 6.08 Å². The van der Waals surface area contributed by atoms with Crippen LogP contribution in [0.25, 0.3) is 0 Å². The molecule has 0 saturated carbocycles. The van der Waals surface area contributed by atoms with Crippen LogP contribution in [0, 0.1) is 0 Å². The summed E-state index contributed by atoms with van der Waals surface area (Å²) in [5.41, 5.74) is 0. The van der Waals surface area contributed by atoms with Gasteiger partial charge in [-0.25, -0.2) is 4.79 Å². The third-order valence-corrected chi connectivity index (χ3v) is 2.57. The van der Waals surface area contributed by atoms with Crippen LogP contribution >= 0.6 is 0 Å². The number of esters is 1. The van der Waals surface area contributed by atoms with Crippen LogP contribution in [0.15, 0.2) is 12.7 Å². The van der Waals surface area contributed by atoms with E-state index in [-0.39, 0.29) is 23.0 Å². The van der Waals surface area contributed by atoms with Crippen molar-refractivity contribution in [3.8, 4) is 0 Å². The molecule has 3 nitrogen and oxygen atoms in total. The Morgan fingerprint density at radius 1 is 1.43 bits per heavy atom. The number of likely N-dealkylation sites (N-methyl/N-ethyl adjacent to an activating group) is 1. The van der Waals surface area contributed by atoms with Gasteiger partial charge in [0.15, 0.2) is 0 Å². The number of carbonyl (C=O) groups is 1. The second kappa shape index (κ2) is 8.00. The zero-order chi connectivity index (χ0) is 10.3. The molecule has 0 aliphatic rings. The van der Waals surface area contributed by atoms with Gasteiger partial charge in [0, 0.05) is 6.08 Å². The molecular formula is C10H20BrNO2. The summed E-state index contributed by atoms with van der Waals surface area (Å²) in [6.45, 7) is 11.1. The fourth-order valence-electron chi connectivity index (χ4n) is 0.965. The first-order valence-corrected chi connectivity index (χ1v) is 4.70. The number of carbonyl (C=O) groups excluding carboxylic acids is 1. The SMILES string of the molecule is C=CC(=O)OCC[N+](C)(CC)CC.[Br-]. The van der Waals surface area contributed by atoms with Crippen molar-refractivity contribution in [3.05, 3.63) is 12.7 Å². The highest BCUT2D eigenvalue weighted by Crippen LogP contribution is 2.00.